The smallest absolute Gasteiger partial charge is 0.246 e. The quantitative estimate of drug-likeness (QED) is 0.648. The van der Waals surface area contributed by atoms with E-state index in [1.165, 1.54) is 0 Å². The lowest BCUT2D eigenvalue weighted by atomic mass is 10.1. The number of amides is 2. The van der Waals surface area contributed by atoms with Crippen LogP contribution in [0.25, 0.3) is 6.08 Å². The first-order valence-electron chi connectivity index (χ1n) is 11.1. The van der Waals surface area contributed by atoms with Gasteiger partial charge < -0.3 is 24.4 Å². The highest BCUT2D eigenvalue weighted by molar-refractivity contribution is 5.92. The Bertz CT molecular complexity index is 983. The Morgan fingerprint density at radius 1 is 1.06 bits per heavy atom. The van der Waals surface area contributed by atoms with E-state index in [1.807, 2.05) is 42.5 Å². The van der Waals surface area contributed by atoms with Crippen molar-refractivity contribution in [3.63, 3.8) is 0 Å². The summed E-state index contributed by atoms with van der Waals surface area (Å²) < 4.78 is 16.6. The van der Waals surface area contributed by atoms with Gasteiger partial charge in [-0.25, -0.2) is 0 Å². The monoisotopic (exact) mass is 451 g/mol. The number of nitrogens with one attached hydrogen (secondary N) is 1. The Hall–Kier alpha value is -3.52. The maximum absolute atomic E-state index is 12.7. The Balaban J connectivity index is 1.25. The van der Waals surface area contributed by atoms with Crippen LogP contribution in [0.1, 0.15) is 11.1 Å². The van der Waals surface area contributed by atoms with Gasteiger partial charge in [0.1, 0.15) is 13.2 Å². The predicted molar refractivity (Wildman–Crippen MR) is 124 cm³/mol. The van der Waals surface area contributed by atoms with E-state index in [4.69, 9.17) is 14.2 Å². The number of ether oxygens (including phenoxy) is 3. The molecule has 0 radical (unpaired) electrons. The number of rotatable bonds is 7. The average molecular weight is 452 g/mol. The zero-order valence-electron chi connectivity index (χ0n) is 18.8. The maximum atomic E-state index is 12.7. The second kappa shape index (κ2) is 10.9. The third-order valence-electron chi connectivity index (χ3n) is 5.65. The van der Waals surface area contributed by atoms with Crippen LogP contribution in [0, 0.1) is 0 Å². The summed E-state index contributed by atoms with van der Waals surface area (Å²) in [5, 5.41) is 2.95. The molecule has 0 bridgehead atoms. The fourth-order valence-electron chi connectivity index (χ4n) is 3.84. The largest absolute Gasteiger partial charge is 0.493 e. The summed E-state index contributed by atoms with van der Waals surface area (Å²) in [5.41, 5.74) is 1.88. The number of piperazine rings is 1. The highest BCUT2D eigenvalue weighted by atomic mass is 16.6. The van der Waals surface area contributed by atoms with E-state index in [0.717, 1.165) is 11.1 Å². The second-order valence-electron chi connectivity index (χ2n) is 7.94. The van der Waals surface area contributed by atoms with Gasteiger partial charge in [0.15, 0.2) is 11.5 Å². The summed E-state index contributed by atoms with van der Waals surface area (Å²) in [6, 6.07) is 13.5. The van der Waals surface area contributed by atoms with Crippen molar-refractivity contribution in [2.45, 2.75) is 6.54 Å². The Kier molecular flexibility index (Phi) is 7.47. The third-order valence-corrected chi connectivity index (χ3v) is 5.65. The van der Waals surface area contributed by atoms with Crippen LogP contribution < -0.4 is 19.5 Å². The Labute approximate surface area is 193 Å². The van der Waals surface area contributed by atoms with Gasteiger partial charge in [0, 0.05) is 38.8 Å². The maximum Gasteiger partial charge on any atom is 0.246 e. The molecule has 0 unspecified atom stereocenters. The summed E-state index contributed by atoms with van der Waals surface area (Å²) in [5.74, 6) is 1.73. The van der Waals surface area contributed by atoms with E-state index in [2.05, 4.69) is 10.2 Å². The Morgan fingerprint density at radius 3 is 2.58 bits per heavy atom. The zero-order valence-corrected chi connectivity index (χ0v) is 18.8. The molecule has 2 heterocycles. The van der Waals surface area contributed by atoms with Crippen LogP contribution in [-0.2, 0) is 16.1 Å². The molecule has 1 N–H and O–H groups in total. The summed E-state index contributed by atoms with van der Waals surface area (Å²) in [4.78, 5) is 28.8. The zero-order chi connectivity index (χ0) is 23.0. The minimum absolute atomic E-state index is 0.00826. The van der Waals surface area contributed by atoms with Crippen molar-refractivity contribution in [3.8, 4) is 17.2 Å². The van der Waals surface area contributed by atoms with Gasteiger partial charge in [-0.3, -0.25) is 14.5 Å². The highest BCUT2D eigenvalue weighted by Gasteiger charge is 2.22. The first kappa shape index (κ1) is 22.7. The fraction of sp³-hybridized carbons (Fsp3) is 0.360. The molecule has 2 aromatic carbocycles. The number of hydrogen-bond acceptors (Lipinski definition) is 6. The van der Waals surface area contributed by atoms with E-state index in [1.54, 1.807) is 24.2 Å². The molecule has 2 aliphatic heterocycles. The van der Waals surface area contributed by atoms with Crippen molar-refractivity contribution in [2.24, 2.45) is 0 Å². The van der Waals surface area contributed by atoms with Crippen molar-refractivity contribution in [1.29, 1.82) is 0 Å². The molecule has 1 saturated heterocycles. The van der Waals surface area contributed by atoms with Gasteiger partial charge in [0.2, 0.25) is 17.6 Å². The van der Waals surface area contributed by atoms with Crippen LogP contribution in [-0.4, -0.2) is 74.7 Å². The molecule has 174 valence electrons. The first-order chi connectivity index (χ1) is 16.1. The number of carbonyl (C=O) groups excluding carboxylic acids is 2. The van der Waals surface area contributed by atoms with E-state index in [0.29, 0.717) is 69.7 Å². The van der Waals surface area contributed by atoms with Gasteiger partial charge in [-0.15, -0.1) is 0 Å². The molecule has 0 atom stereocenters. The predicted octanol–water partition coefficient (Wildman–Crippen LogP) is 1.94. The summed E-state index contributed by atoms with van der Waals surface area (Å²) in [6.45, 7) is 4.31. The SMILES string of the molecule is COc1cc(/C=C/C(=O)N2CCN(CC(=O)NCc3ccccc3)CC2)cc2c1OCCO2. The molecular weight excluding hydrogens is 422 g/mol. The number of fused-ring (bicyclic) bond motifs is 1. The van der Waals surface area contributed by atoms with Crippen molar-refractivity contribution < 1.29 is 23.8 Å². The van der Waals surface area contributed by atoms with Crippen LogP contribution in [0.4, 0.5) is 0 Å². The van der Waals surface area contributed by atoms with Gasteiger partial charge in [0.25, 0.3) is 0 Å². The minimum atomic E-state index is -0.0583. The summed E-state index contributed by atoms with van der Waals surface area (Å²) in [6.07, 6.45) is 3.32. The molecule has 4 rings (SSSR count). The number of methoxy groups -OCH3 is 1. The molecule has 2 aliphatic rings. The molecule has 0 aliphatic carbocycles. The van der Waals surface area contributed by atoms with Crippen molar-refractivity contribution in [3.05, 3.63) is 59.7 Å². The van der Waals surface area contributed by atoms with Gasteiger partial charge >= 0.3 is 0 Å². The lowest BCUT2D eigenvalue weighted by molar-refractivity contribution is -0.128. The lowest BCUT2D eigenvalue weighted by Crippen LogP contribution is -2.50. The lowest BCUT2D eigenvalue weighted by Gasteiger charge is -2.33. The van der Waals surface area contributed by atoms with Gasteiger partial charge in [-0.1, -0.05) is 30.3 Å². The molecule has 2 aromatic rings. The molecule has 33 heavy (non-hydrogen) atoms. The van der Waals surface area contributed by atoms with Crippen LogP contribution in [0.3, 0.4) is 0 Å². The molecule has 8 nitrogen and oxygen atoms in total. The molecule has 0 aromatic heterocycles. The minimum Gasteiger partial charge on any atom is -0.493 e. The molecule has 2 amide bonds. The normalized spacial score (nSPS) is 16.0. The number of benzene rings is 2. The first-order valence-corrected chi connectivity index (χ1v) is 11.1. The number of hydrogen-bond donors (Lipinski definition) is 1. The standard InChI is InChI=1S/C25H29N3O5/c1-31-21-15-20(16-22-25(21)33-14-13-32-22)7-8-24(30)28-11-9-27(10-12-28)18-23(29)26-17-19-5-3-2-4-6-19/h2-8,15-16H,9-14,17-18H2,1H3,(H,26,29)/b8-7+. The van der Waals surface area contributed by atoms with Crippen LogP contribution >= 0.6 is 0 Å². The topological polar surface area (TPSA) is 80.3 Å². The van der Waals surface area contributed by atoms with Crippen LogP contribution in [0.2, 0.25) is 0 Å². The van der Waals surface area contributed by atoms with E-state index < -0.39 is 0 Å². The van der Waals surface area contributed by atoms with Crippen molar-refractivity contribution in [1.82, 2.24) is 15.1 Å². The molecule has 8 heteroatoms. The Morgan fingerprint density at radius 2 is 1.82 bits per heavy atom. The molecule has 1 fully saturated rings. The highest BCUT2D eigenvalue weighted by Crippen LogP contribution is 2.40. The van der Waals surface area contributed by atoms with Crippen molar-refractivity contribution in [2.75, 3.05) is 53.0 Å². The van der Waals surface area contributed by atoms with Crippen molar-refractivity contribution >= 4 is 17.9 Å². The second-order valence-corrected chi connectivity index (χ2v) is 7.94. The third kappa shape index (κ3) is 6.04. The number of carbonyl (C=O) groups is 2. The molecular formula is C25H29N3O5. The van der Waals surface area contributed by atoms with Gasteiger partial charge in [0.05, 0.1) is 13.7 Å². The van der Waals surface area contributed by atoms with Crippen LogP contribution in [0.15, 0.2) is 48.5 Å². The van der Waals surface area contributed by atoms with Crippen LogP contribution in [0.5, 0.6) is 17.2 Å². The van der Waals surface area contributed by atoms with Gasteiger partial charge in [-0.2, -0.15) is 0 Å². The average Bonchev–Trinajstić information content (AvgIpc) is 2.86. The summed E-state index contributed by atoms with van der Waals surface area (Å²) >= 11 is 0. The molecule has 0 saturated carbocycles. The molecule has 0 spiro atoms. The fourth-order valence-corrected chi connectivity index (χ4v) is 3.84. The van der Waals surface area contributed by atoms with E-state index in [-0.39, 0.29) is 11.8 Å². The van der Waals surface area contributed by atoms with Gasteiger partial charge in [-0.05, 0) is 29.3 Å². The summed E-state index contributed by atoms with van der Waals surface area (Å²) in [7, 11) is 1.58. The van der Waals surface area contributed by atoms with E-state index in [9.17, 15) is 9.59 Å². The number of nitrogens with zero attached hydrogens (tertiary/aromatic N) is 2. The van der Waals surface area contributed by atoms with E-state index >= 15 is 0 Å².